The summed E-state index contributed by atoms with van der Waals surface area (Å²) in [5.74, 6) is -0.447. The molecule has 156 valence electrons. The third-order valence-electron chi connectivity index (χ3n) is 5.56. The number of hydrogen-bond donors (Lipinski definition) is 2. The van der Waals surface area contributed by atoms with Gasteiger partial charge in [-0.05, 0) is 43.9 Å². The Labute approximate surface area is 163 Å². The maximum absolute atomic E-state index is 13.4. The quantitative estimate of drug-likeness (QED) is 0.214. The number of aliphatic hydroxyl groups excluding tert-OH is 2. The van der Waals surface area contributed by atoms with Gasteiger partial charge in [0.05, 0.1) is 26.0 Å². The molecule has 0 bridgehead atoms. The Balaban J connectivity index is 2.49. The second-order valence-corrected chi connectivity index (χ2v) is 7.62. The summed E-state index contributed by atoms with van der Waals surface area (Å²) in [5.41, 5.74) is 0. The number of esters is 1. The number of carbonyl (C=O) groups excluding carboxylic acids is 1. The van der Waals surface area contributed by atoms with Gasteiger partial charge in [-0.25, -0.2) is 4.79 Å². The van der Waals surface area contributed by atoms with E-state index in [0.717, 1.165) is 51.4 Å². The summed E-state index contributed by atoms with van der Waals surface area (Å²) in [5, 5.41) is 20.4. The maximum atomic E-state index is 13.4. The van der Waals surface area contributed by atoms with Crippen molar-refractivity contribution < 1.29 is 24.1 Å². The van der Waals surface area contributed by atoms with Crippen LogP contribution in [0.15, 0.2) is 24.3 Å². The zero-order valence-corrected chi connectivity index (χ0v) is 16.9. The highest BCUT2D eigenvalue weighted by Gasteiger charge is 2.40. The minimum atomic E-state index is -0.533. The van der Waals surface area contributed by atoms with E-state index in [4.69, 9.17) is 0 Å². The summed E-state index contributed by atoms with van der Waals surface area (Å²) in [6.07, 6.45) is 13.8. The number of alkyl halides is 1. The van der Waals surface area contributed by atoms with Gasteiger partial charge in [0.15, 0.2) is 0 Å². The van der Waals surface area contributed by atoms with Gasteiger partial charge in [0.25, 0.3) is 0 Å². The van der Waals surface area contributed by atoms with Crippen molar-refractivity contribution in [2.75, 3.05) is 13.8 Å². The molecule has 1 saturated carbocycles. The minimum absolute atomic E-state index is 0.0859. The molecule has 1 aliphatic carbocycles. The highest BCUT2D eigenvalue weighted by molar-refractivity contribution is 5.81. The van der Waals surface area contributed by atoms with E-state index in [1.807, 2.05) is 6.08 Å². The number of ether oxygens (including phenoxy) is 1. The smallest absolute Gasteiger partial charge is 0.330 e. The van der Waals surface area contributed by atoms with Gasteiger partial charge in [0, 0.05) is 12.0 Å². The first-order valence-electron chi connectivity index (χ1n) is 10.4. The molecule has 0 saturated heterocycles. The van der Waals surface area contributed by atoms with E-state index in [1.165, 1.54) is 13.2 Å². The van der Waals surface area contributed by atoms with Gasteiger partial charge in [0.1, 0.15) is 0 Å². The van der Waals surface area contributed by atoms with E-state index in [9.17, 15) is 19.4 Å². The van der Waals surface area contributed by atoms with E-state index in [1.54, 1.807) is 12.2 Å². The van der Waals surface area contributed by atoms with Crippen molar-refractivity contribution >= 4 is 5.97 Å². The van der Waals surface area contributed by atoms with Crippen LogP contribution in [0.5, 0.6) is 0 Å². The van der Waals surface area contributed by atoms with Gasteiger partial charge < -0.3 is 14.9 Å². The lowest BCUT2D eigenvalue weighted by atomic mass is 9.84. The van der Waals surface area contributed by atoms with Gasteiger partial charge in [-0.1, -0.05) is 50.8 Å². The predicted octanol–water partition coefficient (Wildman–Crippen LogP) is 4.36. The number of allylic oxidation sites excluding steroid dienone is 1. The molecule has 5 atom stereocenters. The summed E-state index contributed by atoms with van der Waals surface area (Å²) >= 11 is 0. The number of unbranched alkanes of at least 4 members (excludes halogenated alkanes) is 4. The molecule has 0 spiro atoms. The third kappa shape index (κ3) is 9.02. The number of rotatable bonds is 13. The SMILES string of the molecule is CCCCCC(O)C=C[C@@H]1[C@@H](CCCCC=CC(=O)OC)[C@H](CF)C[C@H]1O. The fourth-order valence-electron chi connectivity index (χ4n) is 3.96. The van der Waals surface area contributed by atoms with Crippen LogP contribution in [0.25, 0.3) is 0 Å². The molecular formula is C22H37FO4. The molecule has 0 aromatic heterocycles. The molecule has 4 nitrogen and oxygen atoms in total. The maximum Gasteiger partial charge on any atom is 0.330 e. The van der Waals surface area contributed by atoms with Gasteiger partial charge >= 0.3 is 5.97 Å². The van der Waals surface area contributed by atoms with E-state index >= 15 is 0 Å². The van der Waals surface area contributed by atoms with Crippen LogP contribution < -0.4 is 0 Å². The Morgan fingerprint density at radius 2 is 2.07 bits per heavy atom. The van der Waals surface area contributed by atoms with Crippen molar-refractivity contribution in [2.24, 2.45) is 17.8 Å². The fourth-order valence-corrected chi connectivity index (χ4v) is 3.96. The number of aliphatic hydroxyl groups is 2. The third-order valence-corrected chi connectivity index (χ3v) is 5.56. The van der Waals surface area contributed by atoms with Crippen LogP contribution in [0.1, 0.15) is 64.7 Å². The molecule has 27 heavy (non-hydrogen) atoms. The molecule has 0 heterocycles. The zero-order valence-electron chi connectivity index (χ0n) is 16.9. The Hall–Kier alpha value is -1.20. The highest BCUT2D eigenvalue weighted by Crippen LogP contribution is 2.41. The topological polar surface area (TPSA) is 66.8 Å². The Bertz CT molecular complexity index is 463. The molecule has 0 radical (unpaired) electrons. The Kier molecular flexibility index (Phi) is 12.3. The summed E-state index contributed by atoms with van der Waals surface area (Å²) in [6.45, 7) is 1.72. The summed E-state index contributed by atoms with van der Waals surface area (Å²) in [7, 11) is 1.35. The van der Waals surface area contributed by atoms with Crippen LogP contribution in [0.2, 0.25) is 0 Å². The van der Waals surface area contributed by atoms with E-state index < -0.39 is 18.9 Å². The van der Waals surface area contributed by atoms with E-state index in [-0.39, 0.29) is 23.7 Å². The molecule has 5 heteroatoms. The molecular weight excluding hydrogens is 347 g/mol. The zero-order chi connectivity index (χ0) is 20.1. The monoisotopic (exact) mass is 384 g/mol. The van der Waals surface area contributed by atoms with E-state index in [2.05, 4.69) is 11.7 Å². The van der Waals surface area contributed by atoms with Gasteiger partial charge in [0.2, 0.25) is 0 Å². The summed E-state index contributed by atoms with van der Waals surface area (Å²) in [4.78, 5) is 11.0. The first-order valence-corrected chi connectivity index (χ1v) is 10.4. The Morgan fingerprint density at radius 3 is 2.74 bits per heavy atom. The van der Waals surface area contributed by atoms with Crippen molar-refractivity contribution in [3.8, 4) is 0 Å². The van der Waals surface area contributed by atoms with Crippen molar-refractivity contribution in [3.63, 3.8) is 0 Å². The highest BCUT2D eigenvalue weighted by atomic mass is 19.1. The number of halogens is 1. The first-order chi connectivity index (χ1) is 13.0. The van der Waals surface area contributed by atoms with Gasteiger partial charge in [-0.15, -0.1) is 0 Å². The Morgan fingerprint density at radius 1 is 1.30 bits per heavy atom. The largest absolute Gasteiger partial charge is 0.466 e. The van der Waals surface area contributed by atoms with Crippen molar-refractivity contribution in [1.82, 2.24) is 0 Å². The molecule has 1 unspecified atom stereocenters. The molecule has 0 amide bonds. The molecule has 0 aromatic carbocycles. The van der Waals surface area contributed by atoms with Crippen LogP contribution in [0.3, 0.4) is 0 Å². The molecule has 1 aliphatic rings. The van der Waals surface area contributed by atoms with Crippen LogP contribution in [0, 0.1) is 17.8 Å². The number of methoxy groups -OCH3 is 1. The fraction of sp³-hybridized carbons (Fsp3) is 0.773. The van der Waals surface area contributed by atoms with Crippen LogP contribution in [-0.2, 0) is 9.53 Å². The van der Waals surface area contributed by atoms with Gasteiger partial charge in [-0.2, -0.15) is 0 Å². The normalized spacial score (nSPS) is 26.9. The summed E-state index contributed by atoms with van der Waals surface area (Å²) in [6, 6.07) is 0. The predicted molar refractivity (Wildman–Crippen MR) is 106 cm³/mol. The second kappa shape index (κ2) is 13.9. The first kappa shape index (κ1) is 23.8. The average molecular weight is 385 g/mol. The minimum Gasteiger partial charge on any atom is -0.466 e. The lowest BCUT2D eigenvalue weighted by Crippen LogP contribution is -2.20. The van der Waals surface area contributed by atoms with Crippen molar-refractivity contribution in [3.05, 3.63) is 24.3 Å². The lowest BCUT2D eigenvalue weighted by Gasteiger charge is -2.22. The standard InChI is InChI=1S/C22H37FO4/c1-3-4-7-10-18(24)13-14-20-19(17(16-23)15-21(20)25)11-8-5-6-9-12-22(26)27-2/h9,12-14,17-21,24-25H,3-8,10-11,15-16H2,1-2H3/t17-,18?,19-,20+,21+/m0/s1. The average Bonchev–Trinajstić information content (AvgIpc) is 2.97. The molecule has 1 rings (SSSR count). The lowest BCUT2D eigenvalue weighted by molar-refractivity contribution is -0.134. The number of carbonyl (C=O) groups is 1. The number of hydrogen-bond acceptors (Lipinski definition) is 4. The van der Waals surface area contributed by atoms with Crippen molar-refractivity contribution in [2.45, 2.75) is 76.9 Å². The van der Waals surface area contributed by atoms with Crippen LogP contribution >= 0.6 is 0 Å². The molecule has 0 aromatic rings. The molecule has 1 fully saturated rings. The van der Waals surface area contributed by atoms with Crippen molar-refractivity contribution in [1.29, 1.82) is 0 Å². The second-order valence-electron chi connectivity index (χ2n) is 7.62. The molecule has 2 N–H and O–H groups in total. The van der Waals surface area contributed by atoms with E-state index in [0.29, 0.717) is 6.42 Å². The summed E-state index contributed by atoms with van der Waals surface area (Å²) < 4.78 is 18.0. The van der Waals surface area contributed by atoms with Crippen LogP contribution in [-0.4, -0.2) is 42.2 Å². The van der Waals surface area contributed by atoms with Crippen LogP contribution in [0.4, 0.5) is 4.39 Å². The molecule has 0 aliphatic heterocycles. The van der Waals surface area contributed by atoms with Gasteiger partial charge in [-0.3, -0.25) is 4.39 Å².